The van der Waals surface area contributed by atoms with Crippen LogP contribution in [0.4, 0.5) is 4.79 Å². The van der Waals surface area contributed by atoms with E-state index in [1.54, 1.807) is 46.8 Å². The molecule has 0 spiro atoms. The maximum atomic E-state index is 12.9. The van der Waals surface area contributed by atoms with Gasteiger partial charge in [-0.1, -0.05) is 38.5 Å². The molecule has 9 nitrogen and oxygen atoms in total. The Morgan fingerprint density at radius 1 is 1.11 bits per heavy atom. The highest BCUT2D eigenvalue weighted by Gasteiger charge is 2.60. The normalized spacial score (nSPS) is 21.1. The highest BCUT2D eigenvalue weighted by molar-refractivity contribution is 7.86. The fraction of sp³-hybridized carbons (Fsp3) is 0.704. The summed E-state index contributed by atoms with van der Waals surface area (Å²) in [6, 6.07) is 6.34. The van der Waals surface area contributed by atoms with Crippen LogP contribution in [0.25, 0.3) is 0 Å². The summed E-state index contributed by atoms with van der Waals surface area (Å²) >= 11 is 0. The van der Waals surface area contributed by atoms with E-state index >= 15 is 0 Å². The maximum Gasteiger partial charge on any atom is 0.410 e. The Kier molecular flexibility index (Phi) is 9.15. The summed E-state index contributed by atoms with van der Waals surface area (Å²) in [5.74, 6) is -0.895. The molecule has 1 saturated heterocycles. The van der Waals surface area contributed by atoms with Crippen LogP contribution < -0.4 is 0 Å². The first-order valence-corrected chi connectivity index (χ1v) is 14.0. The van der Waals surface area contributed by atoms with Crippen LogP contribution >= 0.6 is 0 Å². The largest absolute Gasteiger partial charge is 0.465 e. The topological polar surface area (TPSA) is 119 Å². The van der Waals surface area contributed by atoms with Gasteiger partial charge in [0, 0.05) is 6.42 Å². The van der Waals surface area contributed by atoms with Gasteiger partial charge in [0.2, 0.25) is 0 Å². The Hall–Kier alpha value is -2.17. The number of carbonyl (C=O) groups excluding carboxylic acids is 1. The molecule has 0 unspecified atom stereocenters. The third-order valence-electron chi connectivity index (χ3n) is 6.79. The Morgan fingerprint density at radius 2 is 1.68 bits per heavy atom. The molecule has 1 aromatic carbocycles. The van der Waals surface area contributed by atoms with Gasteiger partial charge in [0.1, 0.15) is 11.3 Å². The lowest BCUT2D eigenvalue weighted by Crippen LogP contribution is -2.62. The zero-order valence-electron chi connectivity index (χ0n) is 23.6. The van der Waals surface area contributed by atoms with Crippen molar-refractivity contribution in [1.29, 1.82) is 0 Å². The van der Waals surface area contributed by atoms with Gasteiger partial charge in [-0.05, 0) is 77.8 Å². The fourth-order valence-electron chi connectivity index (χ4n) is 4.76. The van der Waals surface area contributed by atoms with E-state index in [0.29, 0.717) is 0 Å². The van der Waals surface area contributed by atoms with Crippen molar-refractivity contribution in [3.8, 4) is 0 Å². The number of hydrogen-bond acceptors (Lipinski definition) is 7. The number of amides is 1. The van der Waals surface area contributed by atoms with Gasteiger partial charge in [-0.25, -0.2) is 4.79 Å². The van der Waals surface area contributed by atoms with E-state index in [1.165, 1.54) is 17.0 Å². The minimum absolute atomic E-state index is 0.0343. The number of rotatable bonds is 9. The molecule has 0 radical (unpaired) electrons. The number of benzene rings is 1. The second-order valence-electron chi connectivity index (χ2n) is 12.4. The summed E-state index contributed by atoms with van der Waals surface area (Å²) in [4.78, 5) is 26.3. The molecule has 1 aromatic rings. The fourth-order valence-corrected chi connectivity index (χ4v) is 5.73. The average Bonchev–Trinajstić information content (AvgIpc) is 3.00. The maximum absolute atomic E-state index is 12.9. The number of aryl methyl sites for hydroxylation is 1. The second-order valence-corrected chi connectivity index (χ2v) is 14.0. The lowest BCUT2D eigenvalue weighted by molar-refractivity contribution is -0.155. The van der Waals surface area contributed by atoms with Gasteiger partial charge in [0.25, 0.3) is 10.1 Å². The van der Waals surface area contributed by atoms with Gasteiger partial charge in [0.15, 0.2) is 0 Å². The number of carbonyl (C=O) groups is 2. The van der Waals surface area contributed by atoms with E-state index in [-0.39, 0.29) is 37.4 Å². The van der Waals surface area contributed by atoms with Crippen molar-refractivity contribution in [3.05, 3.63) is 29.8 Å². The predicted molar refractivity (Wildman–Crippen MR) is 140 cm³/mol. The van der Waals surface area contributed by atoms with Crippen molar-refractivity contribution in [3.63, 3.8) is 0 Å². The first-order chi connectivity index (χ1) is 16.7. The lowest BCUT2D eigenvalue weighted by atomic mass is 9.68. The van der Waals surface area contributed by atoms with Crippen LogP contribution in [-0.2, 0) is 28.6 Å². The number of carboxylic acid groups (broad SMARTS) is 1. The lowest BCUT2D eigenvalue weighted by Gasteiger charge is -2.49. The molecule has 1 N–H and O–H groups in total. The summed E-state index contributed by atoms with van der Waals surface area (Å²) in [6.45, 7) is 16.3. The van der Waals surface area contributed by atoms with Crippen LogP contribution in [0.3, 0.4) is 0 Å². The Bertz CT molecular complexity index is 1070. The molecule has 1 heterocycles. The first kappa shape index (κ1) is 31.1. The van der Waals surface area contributed by atoms with Crippen molar-refractivity contribution in [1.82, 2.24) is 4.90 Å². The van der Waals surface area contributed by atoms with Gasteiger partial charge in [-0.3, -0.25) is 13.9 Å². The minimum Gasteiger partial charge on any atom is -0.465 e. The van der Waals surface area contributed by atoms with E-state index in [1.807, 2.05) is 27.7 Å². The highest BCUT2D eigenvalue weighted by Crippen LogP contribution is 2.49. The second kappa shape index (κ2) is 10.9. The number of nitrogens with zero attached hydrogens (tertiary/aromatic N) is 1. The molecule has 1 aliphatic heterocycles. The van der Waals surface area contributed by atoms with E-state index in [4.69, 9.17) is 13.7 Å². The summed E-state index contributed by atoms with van der Waals surface area (Å²) in [5.41, 5.74) is -2.38. The number of hydrogen-bond donors (Lipinski definition) is 1. The molecule has 0 aliphatic carbocycles. The van der Waals surface area contributed by atoms with Crippen molar-refractivity contribution in [2.45, 2.75) is 103 Å². The third kappa shape index (κ3) is 7.67. The van der Waals surface area contributed by atoms with Gasteiger partial charge in [0.05, 0.1) is 23.6 Å². The molecule has 210 valence electrons. The van der Waals surface area contributed by atoms with E-state index < -0.39 is 50.4 Å². The molecule has 37 heavy (non-hydrogen) atoms. The summed E-state index contributed by atoms with van der Waals surface area (Å²) in [7, 11) is -4.06. The van der Waals surface area contributed by atoms with Crippen molar-refractivity contribution in [2.24, 2.45) is 11.3 Å². The van der Waals surface area contributed by atoms with Crippen molar-refractivity contribution >= 4 is 22.2 Å². The molecule has 10 heteroatoms. The molecule has 0 bridgehead atoms. The van der Waals surface area contributed by atoms with Crippen molar-refractivity contribution < 1.29 is 36.8 Å². The summed E-state index contributed by atoms with van der Waals surface area (Å²) < 4.78 is 42.7. The smallest absolute Gasteiger partial charge is 0.410 e. The molecular weight excluding hydrogens is 498 g/mol. The zero-order chi connectivity index (χ0) is 28.4. The van der Waals surface area contributed by atoms with Gasteiger partial charge in [-0.15, -0.1) is 0 Å². The third-order valence-corrected chi connectivity index (χ3v) is 8.09. The van der Waals surface area contributed by atoms with Crippen LogP contribution in [0.2, 0.25) is 0 Å². The average molecular weight is 542 g/mol. The molecular formula is C27H43NO8S. The van der Waals surface area contributed by atoms with Gasteiger partial charge >= 0.3 is 12.1 Å². The van der Waals surface area contributed by atoms with Gasteiger partial charge in [-0.2, -0.15) is 8.42 Å². The minimum atomic E-state index is -4.06. The number of ether oxygens (including phenoxy) is 2. The summed E-state index contributed by atoms with van der Waals surface area (Å²) in [5, 5.41) is 10.2. The van der Waals surface area contributed by atoms with Crippen LogP contribution in [-0.4, -0.2) is 60.6 Å². The Labute approximate surface area is 221 Å². The van der Waals surface area contributed by atoms with Crippen LogP contribution in [0, 0.1) is 18.3 Å². The predicted octanol–water partition coefficient (Wildman–Crippen LogP) is 5.36. The molecule has 1 fully saturated rings. The SMILES string of the molecule is Cc1ccc(S(=O)(=O)OC[C@H](CCC(=O)OC(C)(C)C)C[C@]2(C(C)(C)C)COC(C)(C)N2C(=O)O)cc1. The van der Waals surface area contributed by atoms with Gasteiger partial charge < -0.3 is 14.6 Å². The Morgan fingerprint density at radius 3 is 2.16 bits per heavy atom. The molecule has 0 aromatic heterocycles. The first-order valence-electron chi connectivity index (χ1n) is 12.6. The quantitative estimate of drug-likeness (QED) is 0.328. The van der Waals surface area contributed by atoms with Crippen molar-refractivity contribution in [2.75, 3.05) is 13.2 Å². The molecule has 2 rings (SSSR count). The molecule has 0 saturated carbocycles. The van der Waals surface area contributed by atoms with E-state index in [2.05, 4.69) is 0 Å². The molecule has 1 amide bonds. The number of esters is 1. The Balaban J connectivity index is 2.38. The van der Waals surface area contributed by atoms with Crippen LogP contribution in [0.15, 0.2) is 29.2 Å². The van der Waals surface area contributed by atoms with Crippen LogP contribution in [0.5, 0.6) is 0 Å². The van der Waals surface area contributed by atoms with Crippen LogP contribution in [0.1, 0.15) is 80.2 Å². The molecule has 2 atom stereocenters. The standard InChI is InChI=1S/C27H43NO8S/c1-19-10-13-21(14-11-19)37(32,33)35-17-20(12-15-22(29)36-25(5,6)7)16-27(24(2,3)4)18-34-26(8,9)28(27)23(30)31/h10-11,13-14,20H,12,15-18H2,1-9H3,(H,30,31)/t20-,27-/m1/s1. The zero-order valence-corrected chi connectivity index (χ0v) is 24.4. The summed E-state index contributed by atoms with van der Waals surface area (Å²) in [6.07, 6.45) is -0.605. The molecule has 1 aliphatic rings. The van der Waals surface area contributed by atoms with E-state index in [0.717, 1.165) is 5.56 Å². The van der Waals surface area contributed by atoms with E-state index in [9.17, 15) is 23.1 Å². The highest BCUT2D eigenvalue weighted by atomic mass is 32.2. The monoisotopic (exact) mass is 541 g/mol.